The highest BCUT2D eigenvalue weighted by Crippen LogP contribution is 2.19. The molecule has 1 aromatic carbocycles. The van der Waals surface area contributed by atoms with Crippen LogP contribution in [0.25, 0.3) is 0 Å². The van der Waals surface area contributed by atoms with E-state index < -0.39 is 6.04 Å². The summed E-state index contributed by atoms with van der Waals surface area (Å²) in [6.45, 7) is 5.64. The van der Waals surface area contributed by atoms with Crippen molar-refractivity contribution in [1.29, 1.82) is 0 Å². The summed E-state index contributed by atoms with van der Waals surface area (Å²) in [7, 11) is 0. The molecule has 2 rings (SSSR count). The van der Waals surface area contributed by atoms with Crippen LogP contribution < -0.4 is 11.1 Å². The van der Waals surface area contributed by atoms with Crippen LogP contribution >= 0.6 is 12.4 Å². The highest BCUT2D eigenvalue weighted by atomic mass is 35.5. The van der Waals surface area contributed by atoms with Gasteiger partial charge in [-0.1, -0.05) is 29.8 Å². The van der Waals surface area contributed by atoms with Crippen molar-refractivity contribution in [2.45, 2.75) is 38.8 Å². The molecule has 4 nitrogen and oxygen atoms in total. The molecule has 0 aliphatic carbocycles. The van der Waals surface area contributed by atoms with Crippen LogP contribution in [-0.4, -0.2) is 25.2 Å². The first-order valence-corrected chi connectivity index (χ1v) is 7.28. The zero-order valence-corrected chi connectivity index (χ0v) is 13.5. The van der Waals surface area contributed by atoms with Gasteiger partial charge in [0, 0.05) is 19.3 Å². The maximum absolute atomic E-state index is 12.2. The van der Waals surface area contributed by atoms with E-state index in [9.17, 15) is 4.79 Å². The lowest BCUT2D eigenvalue weighted by Crippen LogP contribution is -2.44. The van der Waals surface area contributed by atoms with Crippen molar-refractivity contribution in [3.05, 3.63) is 35.4 Å². The second kappa shape index (κ2) is 8.37. The number of amides is 1. The number of nitrogens with one attached hydrogen (secondary N) is 1. The van der Waals surface area contributed by atoms with Crippen LogP contribution in [0.4, 0.5) is 0 Å². The summed E-state index contributed by atoms with van der Waals surface area (Å²) in [4.78, 5) is 12.2. The Hall–Kier alpha value is -1.10. The summed E-state index contributed by atoms with van der Waals surface area (Å²) in [6, 6.07) is 7.33. The van der Waals surface area contributed by atoms with Gasteiger partial charge < -0.3 is 15.8 Å². The second-order valence-electron chi connectivity index (χ2n) is 5.64. The smallest absolute Gasteiger partial charge is 0.241 e. The molecule has 0 spiro atoms. The quantitative estimate of drug-likeness (QED) is 0.897. The molecule has 2 unspecified atom stereocenters. The van der Waals surface area contributed by atoms with Crippen LogP contribution in [0.5, 0.6) is 0 Å². The van der Waals surface area contributed by atoms with Crippen molar-refractivity contribution >= 4 is 18.3 Å². The van der Waals surface area contributed by atoms with Gasteiger partial charge in [-0.2, -0.15) is 0 Å². The normalized spacial score (nSPS) is 18.4. The predicted molar refractivity (Wildman–Crippen MR) is 86.5 cm³/mol. The van der Waals surface area contributed by atoms with Crippen molar-refractivity contribution in [3.63, 3.8) is 0 Å². The Labute approximate surface area is 132 Å². The first kappa shape index (κ1) is 18.0. The molecule has 1 aromatic rings. The van der Waals surface area contributed by atoms with Gasteiger partial charge in [0.05, 0.1) is 0 Å². The topological polar surface area (TPSA) is 64.4 Å². The first-order chi connectivity index (χ1) is 9.58. The number of carbonyl (C=O) groups excluding carboxylic acids is 1. The van der Waals surface area contributed by atoms with Crippen LogP contribution in [-0.2, 0) is 9.53 Å². The van der Waals surface area contributed by atoms with Crippen LogP contribution in [0.15, 0.2) is 24.3 Å². The number of halogens is 1. The largest absolute Gasteiger partial charge is 0.381 e. The molecule has 0 saturated carbocycles. The van der Waals surface area contributed by atoms with E-state index in [0.717, 1.165) is 37.2 Å². The highest BCUT2D eigenvalue weighted by molar-refractivity contribution is 5.85. The average molecular weight is 313 g/mol. The van der Waals surface area contributed by atoms with Gasteiger partial charge in [0.15, 0.2) is 0 Å². The number of aryl methyl sites for hydroxylation is 1. The number of nitrogens with two attached hydrogens (primary N) is 1. The lowest BCUT2D eigenvalue weighted by Gasteiger charge is -2.29. The zero-order chi connectivity index (χ0) is 14.5. The van der Waals surface area contributed by atoms with Crippen molar-refractivity contribution in [2.24, 2.45) is 11.7 Å². The summed E-state index contributed by atoms with van der Waals surface area (Å²) in [6.07, 6.45) is 2.00. The van der Waals surface area contributed by atoms with Crippen molar-refractivity contribution < 1.29 is 9.53 Å². The Bertz CT molecular complexity index is 444. The van der Waals surface area contributed by atoms with Crippen molar-refractivity contribution in [2.75, 3.05) is 13.2 Å². The number of ether oxygens (including phenoxy) is 1. The SMILES string of the molecule is Cc1ccc(C(N)C(=O)NC(C)C2CCOCC2)cc1.Cl. The molecule has 1 amide bonds. The van der Waals surface area contributed by atoms with Gasteiger partial charge in [-0.3, -0.25) is 4.79 Å². The molecule has 0 radical (unpaired) electrons. The van der Waals surface area contributed by atoms with Gasteiger partial charge in [-0.15, -0.1) is 12.4 Å². The van der Waals surface area contributed by atoms with Gasteiger partial charge in [0.1, 0.15) is 6.04 Å². The third kappa shape index (κ3) is 4.99. The molecule has 2 atom stereocenters. The number of benzene rings is 1. The van der Waals surface area contributed by atoms with Gasteiger partial charge in [-0.25, -0.2) is 0 Å². The highest BCUT2D eigenvalue weighted by Gasteiger charge is 2.24. The van der Waals surface area contributed by atoms with Gasteiger partial charge in [0.2, 0.25) is 5.91 Å². The fraction of sp³-hybridized carbons (Fsp3) is 0.562. The lowest BCUT2D eigenvalue weighted by molar-refractivity contribution is -0.123. The van der Waals surface area contributed by atoms with E-state index >= 15 is 0 Å². The Kier molecular flexibility index (Phi) is 7.15. The Morgan fingerprint density at radius 2 is 1.86 bits per heavy atom. The Morgan fingerprint density at radius 1 is 1.29 bits per heavy atom. The van der Waals surface area contributed by atoms with Crippen LogP contribution in [0, 0.1) is 12.8 Å². The number of hydrogen-bond donors (Lipinski definition) is 2. The summed E-state index contributed by atoms with van der Waals surface area (Å²) in [5.41, 5.74) is 8.05. The third-order valence-corrected chi connectivity index (χ3v) is 4.06. The molecular weight excluding hydrogens is 288 g/mol. The molecule has 3 N–H and O–H groups in total. The van der Waals surface area contributed by atoms with Gasteiger partial charge in [-0.05, 0) is 38.2 Å². The lowest BCUT2D eigenvalue weighted by atomic mass is 9.92. The maximum atomic E-state index is 12.2. The molecule has 1 aliphatic rings. The van der Waals surface area contributed by atoms with E-state index in [1.807, 2.05) is 31.2 Å². The van der Waals surface area contributed by atoms with Crippen molar-refractivity contribution in [1.82, 2.24) is 5.32 Å². The fourth-order valence-corrected chi connectivity index (χ4v) is 2.57. The predicted octanol–water partition coefficient (Wildman–Crippen LogP) is 2.35. The minimum absolute atomic E-state index is 0. The summed E-state index contributed by atoms with van der Waals surface area (Å²) < 4.78 is 5.35. The average Bonchev–Trinajstić information content (AvgIpc) is 2.48. The van der Waals surface area contributed by atoms with E-state index in [4.69, 9.17) is 10.5 Å². The fourth-order valence-electron chi connectivity index (χ4n) is 2.57. The molecule has 5 heteroatoms. The molecule has 1 aliphatic heterocycles. The molecule has 21 heavy (non-hydrogen) atoms. The van der Waals surface area contributed by atoms with Gasteiger partial charge in [0.25, 0.3) is 0 Å². The maximum Gasteiger partial charge on any atom is 0.241 e. The van der Waals surface area contributed by atoms with Crippen LogP contribution in [0.1, 0.15) is 36.9 Å². The summed E-state index contributed by atoms with van der Waals surface area (Å²) in [5, 5.41) is 3.04. The monoisotopic (exact) mass is 312 g/mol. The van der Waals surface area contributed by atoms with E-state index in [1.54, 1.807) is 0 Å². The molecule has 118 valence electrons. The Morgan fingerprint density at radius 3 is 2.43 bits per heavy atom. The standard InChI is InChI=1S/C16H24N2O2.ClH/c1-11-3-5-14(6-4-11)15(17)16(19)18-12(2)13-7-9-20-10-8-13;/h3-6,12-13,15H,7-10,17H2,1-2H3,(H,18,19);1H. The van der Waals surface area contributed by atoms with Crippen LogP contribution in [0.3, 0.4) is 0 Å². The van der Waals surface area contributed by atoms with E-state index in [2.05, 4.69) is 12.2 Å². The zero-order valence-electron chi connectivity index (χ0n) is 12.7. The van der Waals surface area contributed by atoms with E-state index in [-0.39, 0.29) is 24.4 Å². The van der Waals surface area contributed by atoms with E-state index in [0.29, 0.717) is 5.92 Å². The van der Waals surface area contributed by atoms with Crippen LogP contribution in [0.2, 0.25) is 0 Å². The number of carbonyl (C=O) groups is 1. The molecular formula is C16H25ClN2O2. The Balaban J connectivity index is 0.00000220. The van der Waals surface area contributed by atoms with E-state index in [1.165, 1.54) is 0 Å². The first-order valence-electron chi connectivity index (χ1n) is 7.28. The minimum atomic E-state index is -0.599. The molecule has 0 aromatic heterocycles. The van der Waals surface area contributed by atoms with Gasteiger partial charge >= 0.3 is 0 Å². The molecule has 1 fully saturated rings. The number of hydrogen-bond acceptors (Lipinski definition) is 3. The second-order valence-corrected chi connectivity index (χ2v) is 5.64. The molecule has 1 heterocycles. The molecule has 1 saturated heterocycles. The molecule has 0 bridgehead atoms. The number of rotatable bonds is 4. The third-order valence-electron chi connectivity index (χ3n) is 4.06. The summed E-state index contributed by atoms with van der Waals surface area (Å²) in [5.74, 6) is 0.380. The van der Waals surface area contributed by atoms with Crippen molar-refractivity contribution in [3.8, 4) is 0 Å². The minimum Gasteiger partial charge on any atom is -0.381 e. The summed E-state index contributed by atoms with van der Waals surface area (Å²) >= 11 is 0.